The quantitative estimate of drug-likeness (QED) is 0.829. The van der Waals surface area contributed by atoms with Gasteiger partial charge in [-0.1, -0.05) is 0 Å². The fourth-order valence-electron chi connectivity index (χ4n) is 2.20. The van der Waals surface area contributed by atoms with E-state index in [0.29, 0.717) is 12.5 Å². The van der Waals surface area contributed by atoms with Crippen molar-refractivity contribution in [2.75, 3.05) is 13.2 Å². The van der Waals surface area contributed by atoms with E-state index < -0.39 is 5.82 Å². The fraction of sp³-hybridized carbons (Fsp3) is 0.538. The monoisotopic (exact) mass is 267 g/mol. The van der Waals surface area contributed by atoms with Crippen LogP contribution in [-0.2, 0) is 4.79 Å². The van der Waals surface area contributed by atoms with Crippen LogP contribution >= 0.6 is 0 Å². The van der Waals surface area contributed by atoms with Crippen LogP contribution in [0, 0.1) is 11.7 Å². The molecule has 19 heavy (non-hydrogen) atoms. The number of nitrogens with one attached hydrogen (secondary N) is 1. The number of pyridine rings is 1. The van der Waals surface area contributed by atoms with Gasteiger partial charge in [-0.2, -0.15) is 0 Å². The number of nitrogens with two attached hydrogens (primary N) is 1. The highest BCUT2D eigenvalue weighted by Crippen LogP contribution is 2.22. The number of hydrogen-bond donors (Lipinski definition) is 2. The first-order chi connectivity index (χ1) is 9.13. The first kappa shape index (κ1) is 13.7. The van der Waals surface area contributed by atoms with Crippen molar-refractivity contribution in [3.05, 3.63) is 24.1 Å². The third kappa shape index (κ3) is 4.48. The molecule has 1 aliphatic rings. The molecule has 0 spiro atoms. The lowest BCUT2D eigenvalue weighted by molar-refractivity contribution is -0.123. The summed E-state index contributed by atoms with van der Waals surface area (Å²) in [5.74, 6) is 0.0586. The minimum absolute atomic E-state index is 0.114. The number of ether oxygens (including phenoxy) is 1. The number of nitrogens with zero attached hydrogens (tertiary/aromatic N) is 1. The van der Waals surface area contributed by atoms with Gasteiger partial charge >= 0.3 is 0 Å². The maximum absolute atomic E-state index is 12.6. The van der Waals surface area contributed by atoms with Gasteiger partial charge in [0.05, 0.1) is 6.20 Å². The van der Waals surface area contributed by atoms with Gasteiger partial charge in [0.1, 0.15) is 5.82 Å². The molecule has 104 valence electrons. The van der Waals surface area contributed by atoms with Crippen molar-refractivity contribution < 1.29 is 13.9 Å². The van der Waals surface area contributed by atoms with Gasteiger partial charge in [-0.05, 0) is 31.2 Å². The Hall–Kier alpha value is -1.69. The molecular formula is C13H18FN3O2. The smallest absolute Gasteiger partial charge is 0.258 e. The lowest BCUT2D eigenvalue weighted by atomic mass is 10.1. The number of halogens is 1. The Bertz CT molecular complexity index is 424. The molecule has 2 unspecified atom stereocenters. The van der Waals surface area contributed by atoms with Crippen molar-refractivity contribution in [1.29, 1.82) is 0 Å². The van der Waals surface area contributed by atoms with Gasteiger partial charge in [-0.15, -0.1) is 0 Å². The van der Waals surface area contributed by atoms with Crippen LogP contribution in [-0.4, -0.2) is 30.1 Å². The van der Waals surface area contributed by atoms with Gasteiger partial charge in [0.15, 0.2) is 6.61 Å². The molecule has 1 aromatic heterocycles. The molecule has 2 rings (SSSR count). The third-order valence-corrected chi connectivity index (χ3v) is 3.22. The Labute approximate surface area is 111 Å². The molecule has 1 heterocycles. The molecule has 1 aliphatic carbocycles. The van der Waals surface area contributed by atoms with E-state index >= 15 is 0 Å². The second kappa shape index (κ2) is 6.47. The number of carbonyl (C=O) groups excluding carboxylic acids is 1. The van der Waals surface area contributed by atoms with E-state index in [1.807, 2.05) is 0 Å². The molecule has 0 bridgehead atoms. The minimum atomic E-state index is -0.436. The Morgan fingerprint density at radius 3 is 3.00 bits per heavy atom. The Balaban J connectivity index is 1.65. The third-order valence-electron chi connectivity index (χ3n) is 3.22. The van der Waals surface area contributed by atoms with Crippen LogP contribution < -0.4 is 15.8 Å². The van der Waals surface area contributed by atoms with Gasteiger partial charge in [0.2, 0.25) is 5.88 Å². The second-order valence-corrected chi connectivity index (χ2v) is 4.85. The molecular weight excluding hydrogens is 249 g/mol. The van der Waals surface area contributed by atoms with Gasteiger partial charge in [-0.3, -0.25) is 4.79 Å². The molecule has 5 nitrogen and oxygen atoms in total. The fourth-order valence-corrected chi connectivity index (χ4v) is 2.20. The number of rotatable bonds is 5. The maximum atomic E-state index is 12.6. The number of aromatic nitrogens is 1. The maximum Gasteiger partial charge on any atom is 0.258 e. The van der Waals surface area contributed by atoms with E-state index in [1.165, 1.54) is 12.1 Å². The van der Waals surface area contributed by atoms with Crippen molar-refractivity contribution >= 4 is 5.91 Å². The normalized spacial score (nSPS) is 22.2. The first-order valence-corrected chi connectivity index (χ1v) is 6.40. The molecule has 2 atom stereocenters. The largest absolute Gasteiger partial charge is 0.468 e. The van der Waals surface area contributed by atoms with E-state index in [-0.39, 0.29) is 24.4 Å². The van der Waals surface area contributed by atoms with Gasteiger partial charge in [0, 0.05) is 18.7 Å². The molecule has 1 fully saturated rings. The highest BCUT2D eigenvalue weighted by molar-refractivity contribution is 5.77. The van der Waals surface area contributed by atoms with Crippen molar-refractivity contribution in [1.82, 2.24) is 10.3 Å². The van der Waals surface area contributed by atoms with E-state index in [9.17, 15) is 9.18 Å². The van der Waals surface area contributed by atoms with Gasteiger partial charge in [-0.25, -0.2) is 9.37 Å². The second-order valence-electron chi connectivity index (χ2n) is 4.85. The van der Waals surface area contributed by atoms with Crippen LogP contribution in [0.2, 0.25) is 0 Å². The molecule has 1 amide bonds. The van der Waals surface area contributed by atoms with Gasteiger partial charge < -0.3 is 15.8 Å². The first-order valence-electron chi connectivity index (χ1n) is 6.40. The zero-order chi connectivity index (χ0) is 13.7. The van der Waals surface area contributed by atoms with Crippen LogP contribution in [0.4, 0.5) is 4.39 Å². The molecule has 0 radical (unpaired) electrons. The van der Waals surface area contributed by atoms with Crippen molar-refractivity contribution in [2.45, 2.75) is 25.3 Å². The topological polar surface area (TPSA) is 77.2 Å². The average molecular weight is 267 g/mol. The van der Waals surface area contributed by atoms with Crippen LogP contribution in [0.15, 0.2) is 18.3 Å². The summed E-state index contributed by atoms with van der Waals surface area (Å²) in [5.41, 5.74) is 5.80. The summed E-state index contributed by atoms with van der Waals surface area (Å²) in [6.07, 6.45) is 4.09. The van der Waals surface area contributed by atoms with Crippen molar-refractivity contribution in [3.8, 4) is 5.88 Å². The van der Waals surface area contributed by atoms with Crippen molar-refractivity contribution in [2.24, 2.45) is 11.7 Å². The van der Waals surface area contributed by atoms with E-state index in [0.717, 1.165) is 25.5 Å². The predicted molar refractivity (Wildman–Crippen MR) is 68.0 cm³/mol. The SMILES string of the molecule is NC1CCC(CNC(=O)COc2ccc(F)cn2)C1. The lowest BCUT2D eigenvalue weighted by Crippen LogP contribution is -2.33. The van der Waals surface area contributed by atoms with Crippen molar-refractivity contribution in [3.63, 3.8) is 0 Å². The highest BCUT2D eigenvalue weighted by atomic mass is 19.1. The van der Waals surface area contributed by atoms with Gasteiger partial charge in [0.25, 0.3) is 5.91 Å². The highest BCUT2D eigenvalue weighted by Gasteiger charge is 2.21. The number of hydrogen-bond acceptors (Lipinski definition) is 4. The van der Waals surface area contributed by atoms with E-state index in [1.54, 1.807) is 0 Å². The zero-order valence-corrected chi connectivity index (χ0v) is 10.6. The molecule has 0 aliphatic heterocycles. The lowest BCUT2D eigenvalue weighted by Gasteiger charge is -2.11. The summed E-state index contributed by atoms with van der Waals surface area (Å²) in [4.78, 5) is 15.3. The summed E-state index contributed by atoms with van der Waals surface area (Å²) in [6, 6.07) is 2.89. The molecule has 1 saturated carbocycles. The summed E-state index contributed by atoms with van der Waals surface area (Å²) in [5, 5.41) is 2.81. The predicted octanol–water partition coefficient (Wildman–Crippen LogP) is 0.843. The number of amides is 1. The Morgan fingerprint density at radius 2 is 2.37 bits per heavy atom. The summed E-state index contributed by atoms with van der Waals surface area (Å²) in [7, 11) is 0. The van der Waals surface area contributed by atoms with E-state index in [4.69, 9.17) is 10.5 Å². The number of carbonyl (C=O) groups is 1. The van der Waals surface area contributed by atoms with Crippen LogP contribution in [0.1, 0.15) is 19.3 Å². The molecule has 0 aromatic carbocycles. The Morgan fingerprint density at radius 1 is 1.53 bits per heavy atom. The minimum Gasteiger partial charge on any atom is -0.468 e. The average Bonchev–Trinajstić information content (AvgIpc) is 2.81. The molecule has 1 aromatic rings. The molecule has 0 saturated heterocycles. The summed E-state index contributed by atoms with van der Waals surface area (Å²) in [6.45, 7) is 0.518. The van der Waals surface area contributed by atoms with E-state index in [2.05, 4.69) is 10.3 Å². The molecule has 3 N–H and O–H groups in total. The van der Waals surface area contributed by atoms with Crippen LogP contribution in [0.5, 0.6) is 5.88 Å². The summed E-state index contributed by atoms with van der Waals surface area (Å²) >= 11 is 0. The van der Waals surface area contributed by atoms with Crippen LogP contribution in [0.3, 0.4) is 0 Å². The summed E-state index contributed by atoms with van der Waals surface area (Å²) < 4.78 is 17.7. The zero-order valence-electron chi connectivity index (χ0n) is 10.6. The Kier molecular flexibility index (Phi) is 4.68. The molecule has 6 heteroatoms. The standard InChI is InChI=1S/C13H18FN3O2/c14-10-2-4-13(17-7-10)19-8-12(18)16-6-9-1-3-11(15)5-9/h2,4,7,9,11H,1,3,5-6,8,15H2,(H,16,18). The van der Waals surface area contributed by atoms with Crippen LogP contribution in [0.25, 0.3) is 0 Å².